The first-order valence-corrected chi connectivity index (χ1v) is 13.9. The fourth-order valence-electron chi connectivity index (χ4n) is 4.94. The minimum absolute atomic E-state index is 0.00578. The van der Waals surface area contributed by atoms with Crippen LogP contribution in [0.15, 0.2) is 66.7 Å². The van der Waals surface area contributed by atoms with Crippen molar-refractivity contribution in [2.45, 2.75) is 51.7 Å². The maximum Gasteiger partial charge on any atom is 0.410 e. The standard InChI is InChI=1S/C33H37NO8/c1-33(2,3)42-31(37)20-34(19-22-15-16-23(39-4)18-29(22)40-17-9-14-30(35)36)32(38)41-21-28-26-12-7-5-10-24(26)25-11-6-8-13-27(25)28/h5-8,10-13,15-16,18,28H,9,14,17,19-21H2,1-4H3,(H,35,36). The van der Waals surface area contributed by atoms with Crippen LogP contribution in [0.4, 0.5) is 4.79 Å². The Labute approximate surface area is 246 Å². The van der Waals surface area contributed by atoms with Crippen LogP contribution in [0, 0.1) is 0 Å². The molecule has 0 aromatic heterocycles. The van der Waals surface area contributed by atoms with Crippen molar-refractivity contribution in [1.29, 1.82) is 0 Å². The number of carboxylic acids is 1. The van der Waals surface area contributed by atoms with Crippen LogP contribution in [-0.4, -0.2) is 60.5 Å². The van der Waals surface area contributed by atoms with E-state index in [0.717, 1.165) is 22.3 Å². The van der Waals surface area contributed by atoms with Crippen LogP contribution < -0.4 is 9.47 Å². The van der Waals surface area contributed by atoms with Gasteiger partial charge in [-0.3, -0.25) is 14.5 Å². The molecule has 1 N–H and O–H groups in total. The Bertz CT molecular complexity index is 1380. The molecule has 0 bridgehead atoms. The molecule has 0 saturated carbocycles. The van der Waals surface area contributed by atoms with E-state index in [2.05, 4.69) is 12.1 Å². The molecule has 1 amide bonds. The number of aliphatic carboxylic acids is 1. The number of carboxylic acid groups (broad SMARTS) is 1. The minimum atomic E-state index is -0.914. The number of carbonyl (C=O) groups is 3. The quantitative estimate of drug-likeness (QED) is 0.206. The molecule has 0 fully saturated rings. The molecule has 222 valence electrons. The molecule has 42 heavy (non-hydrogen) atoms. The summed E-state index contributed by atoms with van der Waals surface area (Å²) in [7, 11) is 1.52. The van der Waals surface area contributed by atoms with Crippen molar-refractivity contribution in [3.8, 4) is 22.6 Å². The number of fused-ring (bicyclic) bond motifs is 3. The van der Waals surface area contributed by atoms with Gasteiger partial charge in [-0.1, -0.05) is 48.5 Å². The number of rotatable bonds is 12. The third-order valence-corrected chi connectivity index (χ3v) is 6.76. The summed E-state index contributed by atoms with van der Waals surface area (Å²) in [4.78, 5) is 38.6. The van der Waals surface area contributed by atoms with Crippen LogP contribution in [0.25, 0.3) is 11.1 Å². The molecule has 3 aromatic carbocycles. The number of carbonyl (C=O) groups excluding carboxylic acids is 2. The zero-order valence-electron chi connectivity index (χ0n) is 24.4. The maximum absolute atomic E-state index is 13.6. The normalized spacial score (nSPS) is 12.2. The smallest absolute Gasteiger partial charge is 0.410 e. The summed E-state index contributed by atoms with van der Waals surface area (Å²) < 4.78 is 22.6. The van der Waals surface area contributed by atoms with Crippen LogP contribution >= 0.6 is 0 Å². The lowest BCUT2D eigenvalue weighted by atomic mass is 9.98. The molecule has 0 atom stereocenters. The largest absolute Gasteiger partial charge is 0.497 e. The predicted molar refractivity (Wildman–Crippen MR) is 157 cm³/mol. The lowest BCUT2D eigenvalue weighted by Gasteiger charge is -2.26. The number of amides is 1. The van der Waals surface area contributed by atoms with Gasteiger partial charge in [-0.05, 0) is 61.6 Å². The van der Waals surface area contributed by atoms with Crippen LogP contribution in [0.1, 0.15) is 56.2 Å². The van der Waals surface area contributed by atoms with E-state index in [1.54, 1.807) is 39.0 Å². The van der Waals surface area contributed by atoms with Crippen LogP contribution in [-0.2, 0) is 25.6 Å². The van der Waals surface area contributed by atoms with Gasteiger partial charge in [0.05, 0.1) is 20.3 Å². The second kappa shape index (κ2) is 13.4. The summed E-state index contributed by atoms with van der Waals surface area (Å²) >= 11 is 0. The summed E-state index contributed by atoms with van der Waals surface area (Å²) in [5, 5.41) is 8.95. The van der Waals surface area contributed by atoms with Gasteiger partial charge in [0.25, 0.3) is 0 Å². The minimum Gasteiger partial charge on any atom is -0.497 e. The number of esters is 1. The zero-order chi connectivity index (χ0) is 30.3. The van der Waals surface area contributed by atoms with Gasteiger partial charge in [0.2, 0.25) is 0 Å². The molecular formula is C33H37NO8. The van der Waals surface area contributed by atoms with Crippen LogP contribution in [0.3, 0.4) is 0 Å². The van der Waals surface area contributed by atoms with Gasteiger partial charge in [-0.15, -0.1) is 0 Å². The first-order chi connectivity index (χ1) is 20.1. The Kier molecular flexibility index (Phi) is 9.72. The monoisotopic (exact) mass is 575 g/mol. The highest BCUT2D eigenvalue weighted by molar-refractivity contribution is 5.80. The molecule has 0 spiro atoms. The molecule has 0 aliphatic heterocycles. The van der Waals surface area contributed by atoms with E-state index in [-0.39, 0.29) is 38.6 Å². The first-order valence-electron chi connectivity index (χ1n) is 13.9. The summed E-state index contributed by atoms with van der Waals surface area (Å²) in [6, 6.07) is 21.2. The molecule has 1 aliphatic carbocycles. The van der Waals surface area contributed by atoms with Gasteiger partial charge in [0.15, 0.2) is 0 Å². The van der Waals surface area contributed by atoms with Crippen LogP contribution in [0.2, 0.25) is 0 Å². The topological polar surface area (TPSA) is 112 Å². The summed E-state index contributed by atoms with van der Waals surface area (Å²) in [5.41, 5.74) is 4.26. The third kappa shape index (κ3) is 7.81. The number of benzene rings is 3. The Morgan fingerprint density at radius 2 is 1.57 bits per heavy atom. The number of hydrogen-bond donors (Lipinski definition) is 1. The molecule has 9 heteroatoms. The van der Waals surface area contributed by atoms with Crippen LogP contribution in [0.5, 0.6) is 11.5 Å². The summed E-state index contributed by atoms with van der Waals surface area (Å²) in [6.07, 6.45) is -0.403. The highest BCUT2D eigenvalue weighted by atomic mass is 16.6. The predicted octanol–water partition coefficient (Wildman–Crippen LogP) is 6.03. The zero-order valence-corrected chi connectivity index (χ0v) is 24.4. The van der Waals surface area contributed by atoms with Crippen molar-refractivity contribution >= 4 is 18.0 Å². The van der Waals surface area contributed by atoms with E-state index < -0.39 is 23.6 Å². The average molecular weight is 576 g/mol. The Morgan fingerprint density at radius 1 is 0.929 bits per heavy atom. The molecular weight excluding hydrogens is 538 g/mol. The van der Waals surface area contributed by atoms with Crippen molar-refractivity contribution in [3.05, 3.63) is 83.4 Å². The van der Waals surface area contributed by atoms with Gasteiger partial charge in [-0.25, -0.2) is 4.79 Å². The van der Waals surface area contributed by atoms with Crippen molar-refractivity contribution in [2.24, 2.45) is 0 Å². The first kappa shape index (κ1) is 30.4. The lowest BCUT2D eigenvalue weighted by Crippen LogP contribution is -2.39. The summed E-state index contributed by atoms with van der Waals surface area (Å²) in [5.74, 6) is -0.678. The van der Waals surface area contributed by atoms with E-state index in [9.17, 15) is 14.4 Å². The average Bonchev–Trinajstić information content (AvgIpc) is 3.26. The van der Waals surface area contributed by atoms with E-state index in [1.807, 2.05) is 36.4 Å². The van der Waals surface area contributed by atoms with Crippen molar-refractivity contribution in [1.82, 2.24) is 4.90 Å². The Hall–Kier alpha value is -4.53. The molecule has 0 unspecified atom stereocenters. The van der Waals surface area contributed by atoms with E-state index in [4.69, 9.17) is 24.1 Å². The Morgan fingerprint density at radius 3 is 2.17 bits per heavy atom. The highest BCUT2D eigenvalue weighted by Gasteiger charge is 2.31. The molecule has 3 aromatic rings. The van der Waals surface area contributed by atoms with E-state index >= 15 is 0 Å². The second-order valence-electron chi connectivity index (χ2n) is 11.1. The second-order valence-corrected chi connectivity index (χ2v) is 11.1. The van der Waals surface area contributed by atoms with Gasteiger partial charge >= 0.3 is 18.0 Å². The lowest BCUT2D eigenvalue weighted by molar-refractivity contribution is -0.155. The van der Waals surface area contributed by atoms with Gasteiger partial charge in [0, 0.05) is 24.0 Å². The van der Waals surface area contributed by atoms with Gasteiger partial charge < -0.3 is 24.1 Å². The van der Waals surface area contributed by atoms with Gasteiger partial charge in [-0.2, -0.15) is 0 Å². The SMILES string of the molecule is COc1ccc(CN(CC(=O)OC(C)(C)C)C(=O)OCC2c3ccccc3-c3ccccc32)c(OCCCC(=O)O)c1. The van der Waals surface area contributed by atoms with Crippen molar-refractivity contribution < 1.29 is 38.4 Å². The molecule has 9 nitrogen and oxygen atoms in total. The third-order valence-electron chi connectivity index (χ3n) is 6.76. The van der Waals surface area contributed by atoms with Gasteiger partial charge in [0.1, 0.15) is 30.3 Å². The molecule has 0 saturated heterocycles. The van der Waals surface area contributed by atoms with Crippen molar-refractivity contribution in [2.75, 3.05) is 26.9 Å². The summed E-state index contributed by atoms with van der Waals surface area (Å²) in [6.45, 7) is 5.19. The maximum atomic E-state index is 13.6. The molecule has 0 heterocycles. The van der Waals surface area contributed by atoms with E-state index in [0.29, 0.717) is 23.5 Å². The number of nitrogens with zero attached hydrogens (tertiary/aromatic N) is 1. The fraction of sp³-hybridized carbons (Fsp3) is 0.364. The molecule has 1 aliphatic rings. The highest BCUT2D eigenvalue weighted by Crippen LogP contribution is 2.44. The fourth-order valence-corrected chi connectivity index (χ4v) is 4.94. The molecule has 0 radical (unpaired) electrons. The molecule has 4 rings (SSSR count). The van der Waals surface area contributed by atoms with Crippen molar-refractivity contribution in [3.63, 3.8) is 0 Å². The van der Waals surface area contributed by atoms with E-state index in [1.165, 1.54) is 12.0 Å². The Balaban J connectivity index is 1.54. The number of methoxy groups -OCH3 is 1. The number of ether oxygens (including phenoxy) is 4. The number of hydrogen-bond acceptors (Lipinski definition) is 7.